The summed E-state index contributed by atoms with van der Waals surface area (Å²) in [5.74, 6) is 0.476. The van der Waals surface area contributed by atoms with Crippen LogP contribution < -0.4 is 0 Å². The Bertz CT molecular complexity index is 170. The van der Waals surface area contributed by atoms with Crippen molar-refractivity contribution < 1.29 is 0 Å². The van der Waals surface area contributed by atoms with Gasteiger partial charge in [0.2, 0.25) is 0 Å². The largest absolute Gasteiger partial charge is 0.241 e. The van der Waals surface area contributed by atoms with Gasteiger partial charge in [-0.25, -0.2) is 9.97 Å². The van der Waals surface area contributed by atoms with E-state index >= 15 is 0 Å². The van der Waals surface area contributed by atoms with Crippen LogP contribution in [0.1, 0.15) is 25.5 Å². The molecule has 0 bridgehead atoms. The monoisotopic (exact) mass is 121 g/mol. The smallest absolute Gasteiger partial charge is 0.116 e. The van der Waals surface area contributed by atoms with Crippen molar-refractivity contribution in [2.24, 2.45) is 0 Å². The van der Waals surface area contributed by atoms with Gasteiger partial charge < -0.3 is 0 Å². The first-order valence-electron chi connectivity index (χ1n) is 2.98. The van der Waals surface area contributed by atoms with Gasteiger partial charge >= 0.3 is 0 Å². The summed E-state index contributed by atoms with van der Waals surface area (Å²) < 4.78 is 0. The van der Waals surface area contributed by atoms with Crippen LogP contribution in [0.25, 0.3) is 0 Å². The number of aromatic nitrogens is 2. The van der Waals surface area contributed by atoms with Crippen molar-refractivity contribution in [2.75, 3.05) is 0 Å². The molecule has 1 aromatic heterocycles. The molecule has 1 heterocycles. The van der Waals surface area contributed by atoms with E-state index in [-0.39, 0.29) is 0 Å². The molecule has 1 radical (unpaired) electrons. The molecule has 0 atom stereocenters. The first-order valence-corrected chi connectivity index (χ1v) is 2.98. The third-order valence-electron chi connectivity index (χ3n) is 1.14. The molecule has 0 aromatic carbocycles. The average molecular weight is 121 g/mol. The van der Waals surface area contributed by atoms with Crippen molar-refractivity contribution in [2.45, 2.75) is 19.8 Å². The molecule has 1 rings (SSSR count). The van der Waals surface area contributed by atoms with E-state index in [1.165, 1.54) is 6.33 Å². The maximum atomic E-state index is 4.04. The molecule has 0 amide bonds. The Balaban J connectivity index is 2.85. The number of hydrogen-bond donors (Lipinski definition) is 0. The van der Waals surface area contributed by atoms with Gasteiger partial charge in [0, 0.05) is 5.69 Å². The molecule has 2 nitrogen and oxygen atoms in total. The minimum Gasteiger partial charge on any atom is -0.241 e. The van der Waals surface area contributed by atoms with Gasteiger partial charge in [-0.2, -0.15) is 0 Å². The summed E-state index contributed by atoms with van der Waals surface area (Å²) in [4.78, 5) is 7.73. The molecule has 0 saturated carbocycles. The van der Waals surface area contributed by atoms with Gasteiger partial charge in [0.25, 0.3) is 0 Å². The van der Waals surface area contributed by atoms with E-state index < -0.39 is 0 Å². The average Bonchev–Trinajstić information content (AvgIpc) is 1.90. The fraction of sp³-hybridized carbons (Fsp3) is 0.429. The summed E-state index contributed by atoms with van der Waals surface area (Å²) in [6.45, 7) is 4.19. The molecule has 2 heteroatoms. The molecule has 0 fully saturated rings. The van der Waals surface area contributed by atoms with Crippen molar-refractivity contribution in [3.63, 3.8) is 0 Å². The van der Waals surface area contributed by atoms with Gasteiger partial charge in [0.05, 0.1) is 6.20 Å². The predicted octanol–water partition coefficient (Wildman–Crippen LogP) is 1.40. The van der Waals surface area contributed by atoms with Crippen molar-refractivity contribution in [1.29, 1.82) is 0 Å². The highest BCUT2D eigenvalue weighted by atomic mass is 14.8. The molecular weight excluding hydrogens is 112 g/mol. The molecule has 0 aliphatic rings. The maximum absolute atomic E-state index is 4.04. The third kappa shape index (κ3) is 1.49. The van der Waals surface area contributed by atoms with E-state index in [9.17, 15) is 0 Å². The van der Waals surface area contributed by atoms with Crippen LogP contribution in [0, 0.1) is 6.20 Å². The lowest BCUT2D eigenvalue weighted by atomic mass is 10.1. The lowest BCUT2D eigenvalue weighted by molar-refractivity contribution is 0.813. The minimum atomic E-state index is 0.476. The zero-order chi connectivity index (χ0) is 6.69. The summed E-state index contributed by atoms with van der Waals surface area (Å²) in [7, 11) is 0. The van der Waals surface area contributed by atoms with Gasteiger partial charge in [-0.1, -0.05) is 13.8 Å². The van der Waals surface area contributed by atoms with Crippen molar-refractivity contribution in [3.05, 3.63) is 24.3 Å². The van der Waals surface area contributed by atoms with Crippen LogP contribution in [0.2, 0.25) is 0 Å². The van der Waals surface area contributed by atoms with Gasteiger partial charge in [0.1, 0.15) is 6.33 Å². The number of nitrogens with zero attached hydrogens (tertiary/aromatic N) is 2. The molecule has 9 heavy (non-hydrogen) atoms. The first-order chi connectivity index (χ1) is 4.30. The second-order valence-corrected chi connectivity index (χ2v) is 2.23. The van der Waals surface area contributed by atoms with Crippen molar-refractivity contribution >= 4 is 0 Å². The summed E-state index contributed by atoms with van der Waals surface area (Å²) in [5.41, 5.74) is 1.05. The maximum Gasteiger partial charge on any atom is 0.116 e. The van der Waals surface area contributed by atoms with Crippen LogP contribution in [0.5, 0.6) is 0 Å². The third-order valence-corrected chi connectivity index (χ3v) is 1.14. The zero-order valence-corrected chi connectivity index (χ0v) is 5.63. The molecule has 0 unspecified atom stereocenters. The van der Waals surface area contributed by atoms with Crippen LogP contribution in [-0.2, 0) is 0 Å². The van der Waals surface area contributed by atoms with E-state index in [2.05, 4.69) is 30.0 Å². The summed E-state index contributed by atoms with van der Waals surface area (Å²) in [6.07, 6.45) is 4.25. The first kappa shape index (κ1) is 6.20. The van der Waals surface area contributed by atoms with Crippen LogP contribution in [0.15, 0.2) is 12.4 Å². The Morgan fingerprint density at radius 1 is 1.56 bits per heavy atom. The topological polar surface area (TPSA) is 25.8 Å². The Morgan fingerprint density at radius 3 is 2.67 bits per heavy atom. The molecule has 0 spiro atoms. The van der Waals surface area contributed by atoms with E-state index in [1.807, 2.05) is 6.07 Å². The fourth-order valence-electron chi connectivity index (χ4n) is 0.585. The number of hydrogen-bond acceptors (Lipinski definition) is 2. The van der Waals surface area contributed by atoms with Gasteiger partial charge in [-0.15, -0.1) is 0 Å². The second-order valence-electron chi connectivity index (χ2n) is 2.23. The standard InChI is InChI=1S/C7H9N2/c1-6(2)7-3-4-8-5-9-7/h3,5-6H,1-2H3. The minimum absolute atomic E-state index is 0.476. The number of rotatable bonds is 1. The van der Waals surface area contributed by atoms with E-state index in [1.54, 1.807) is 0 Å². The summed E-state index contributed by atoms with van der Waals surface area (Å²) in [6, 6.07) is 1.81. The van der Waals surface area contributed by atoms with E-state index in [4.69, 9.17) is 0 Å². The van der Waals surface area contributed by atoms with Gasteiger partial charge in [-0.05, 0) is 12.0 Å². The van der Waals surface area contributed by atoms with E-state index in [0.717, 1.165) is 5.69 Å². The SMILES string of the molecule is CC(C)c1c[c]ncn1. The van der Waals surface area contributed by atoms with Crippen LogP contribution in [-0.4, -0.2) is 9.97 Å². The van der Waals surface area contributed by atoms with Crippen LogP contribution in [0.4, 0.5) is 0 Å². The van der Waals surface area contributed by atoms with Crippen molar-refractivity contribution in [3.8, 4) is 0 Å². The zero-order valence-electron chi connectivity index (χ0n) is 5.63. The Hall–Kier alpha value is -0.920. The second kappa shape index (κ2) is 2.58. The Kier molecular flexibility index (Phi) is 1.78. The van der Waals surface area contributed by atoms with Crippen LogP contribution in [0.3, 0.4) is 0 Å². The molecule has 1 aromatic rings. The molecule has 0 saturated heterocycles. The lowest BCUT2D eigenvalue weighted by Gasteiger charge is -1.99. The Labute approximate surface area is 55.0 Å². The summed E-state index contributed by atoms with van der Waals surface area (Å²) >= 11 is 0. The highest BCUT2D eigenvalue weighted by Crippen LogP contribution is 2.07. The molecule has 0 aliphatic heterocycles. The lowest BCUT2D eigenvalue weighted by Crippen LogP contribution is -1.90. The van der Waals surface area contributed by atoms with Gasteiger partial charge in [0.15, 0.2) is 0 Å². The normalized spacial score (nSPS) is 10.1. The molecular formula is C7H9N2. The Morgan fingerprint density at radius 2 is 2.33 bits per heavy atom. The highest BCUT2D eigenvalue weighted by molar-refractivity contribution is 5.01. The van der Waals surface area contributed by atoms with Crippen molar-refractivity contribution in [1.82, 2.24) is 9.97 Å². The predicted molar refractivity (Wildman–Crippen MR) is 35.0 cm³/mol. The molecule has 47 valence electrons. The molecule has 0 N–H and O–H groups in total. The van der Waals surface area contributed by atoms with E-state index in [0.29, 0.717) is 5.92 Å². The summed E-state index contributed by atoms with van der Waals surface area (Å²) in [5, 5.41) is 0. The van der Waals surface area contributed by atoms with Crippen LogP contribution >= 0.6 is 0 Å². The fourth-order valence-corrected chi connectivity index (χ4v) is 0.585. The van der Waals surface area contributed by atoms with Gasteiger partial charge in [-0.3, -0.25) is 0 Å². The highest BCUT2D eigenvalue weighted by Gasteiger charge is 1.96. The molecule has 0 aliphatic carbocycles. The quantitative estimate of drug-likeness (QED) is 0.561.